The van der Waals surface area contributed by atoms with Crippen LogP contribution in [-0.4, -0.2) is 29.0 Å². The van der Waals surface area contributed by atoms with Gasteiger partial charge in [-0.15, -0.1) is 0 Å². The minimum atomic E-state index is -0.911. The fraction of sp³-hybridized carbons (Fsp3) is 0.273. The van der Waals surface area contributed by atoms with Crippen molar-refractivity contribution in [1.82, 2.24) is 15.3 Å². The smallest absolute Gasteiger partial charge is 0.188 e. The van der Waals surface area contributed by atoms with E-state index in [0.29, 0.717) is 31.0 Å². The van der Waals surface area contributed by atoms with E-state index in [-0.39, 0.29) is 11.7 Å². The van der Waals surface area contributed by atoms with Crippen molar-refractivity contribution in [3.05, 3.63) is 89.3 Å². The first-order valence-electron chi connectivity index (χ1n) is 9.74. The second kappa shape index (κ2) is 10.5. The lowest BCUT2D eigenvalue weighted by molar-refractivity contribution is 0.505. The Balaban J connectivity index is 1.58. The first-order chi connectivity index (χ1) is 14.5. The summed E-state index contributed by atoms with van der Waals surface area (Å²) in [5.74, 6) is -2.09. The first-order valence-corrected chi connectivity index (χ1v) is 9.74. The molecular formula is C22H24F3N5. The number of hydrogen-bond acceptors (Lipinski definition) is 2. The van der Waals surface area contributed by atoms with Gasteiger partial charge < -0.3 is 16.0 Å². The molecule has 5 nitrogen and oxygen atoms in total. The monoisotopic (exact) mass is 415 g/mol. The van der Waals surface area contributed by atoms with Gasteiger partial charge in [0.05, 0.1) is 6.33 Å². The quantitative estimate of drug-likeness (QED) is 0.282. The van der Waals surface area contributed by atoms with E-state index in [0.717, 1.165) is 30.2 Å². The van der Waals surface area contributed by atoms with Crippen molar-refractivity contribution in [3.8, 4) is 0 Å². The number of benzene rings is 2. The molecule has 8 heteroatoms. The van der Waals surface area contributed by atoms with E-state index in [9.17, 15) is 13.2 Å². The zero-order valence-corrected chi connectivity index (χ0v) is 16.4. The zero-order chi connectivity index (χ0) is 21.3. The number of aromatic nitrogens is 2. The van der Waals surface area contributed by atoms with Crippen LogP contribution in [0.1, 0.15) is 35.6 Å². The van der Waals surface area contributed by atoms with Crippen molar-refractivity contribution < 1.29 is 13.2 Å². The minimum Gasteiger partial charge on any atom is -0.370 e. The van der Waals surface area contributed by atoms with E-state index in [4.69, 9.17) is 5.73 Å². The zero-order valence-electron chi connectivity index (χ0n) is 16.4. The standard InChI is InChI=1S/C22H24F3N5/c23-17-6-3-15(4-7-17)19(16-5-8-20(24)21(25)12-16)9-11-29-22(26)28-10-1-2-18-13-27-14-30-18/h3-8,12-14,19H,1-2,9-11H2,(H,27,30)(H3,26,28,29). The maximum Gasteiger partial charge on any atom is 0.188 e. The number of guanidine groups is 1. The highest BCUT2D eigenvalue weighted by Gasteiger charge is 2.16. The summed E-state index contributed by atoms with van der Waals surface area (Å²) in [6.45, 7) is 1.04. The Labute approximate surface area is 173 Å². The normalized spacial score (nSPS) is 12.7. The van der Waals surface area contributed by atoms with Gasteiger partial charge in [0.25, 0.3) is 0 Å². The average Bonchev–Trinajstić information content (AvgIpc) is 3.25. The van der Waals surface area contributed by atoms with Crippen LogP contribution in [0.15, 0.2) is 60.0 Å². The Hall–Kier alpha value is -3.29. The van der Waals surface area contributed by atoms with E-state index in [1.165, 1.54) is 18.2 Å². The predicted molar refractivity (Wildman–Crippen MR) is 111 cm³/mol. The lowest BCUT2D eigenvalue weighted by Gasteiger charge is -2.19. The van der Waals surface area contributed by atoms with Crippen LogP contribution in [0.25, 0.3) is 0 Å². The molecule has 0 amide bonds. The van der Waals surface area contributed by atoms with Gasteiger partial charge in [0, 0.05) is 30.9 Å². The highest BCUT2D eigenvalue weighted by Crippen LogP contribution is 2.29. The van der Waals surface area contributed by atoms with Crippen molar-refractivity contribution >= 4 is 5.96 Å². The van der Waals surface area contributed by atoms with Crippen molar-refractivity contribution in [2.75, 3.05) is 13.1 Å². The molecule has 0 aliphatic rings. The number of nitrogens with one attached hydrogen (secondary N) is 2. The van der Waals surface area contributed by atoms with Gasteiger partial charge in [-0.05, 0) is 54.7 Å². The molecule has 0 spiro atoms. The van der Waals surface area contributed by atoms with E-state index in [2.05, 4.69) is 20.3 Å². The second-order valence-corrected chi connectivity index (χ2v) is 6.94. The second-order valence-electron chi connectivity index (χ2n) is 6.94. The van der Waals surface area contributed by atoms with Gasteiger partial charge in [-0.2, -0.15) is 0 Å². The molecule has 0 fully saturated rings. The minimum absolute atomic E-state index is 0.249. The molecule has 1 atom stereocenters. The topological polar surface area (TPSA) is 79.1 Å². The predicted octanol–water partition coefficient (Wildman–Crippen LogP) is 3.89. The van der Waals surface area contributed by atoms with Gasteiger partial charge in [-0.3, -0.25) is 4.99 Å². The molecule has 1 unspecified atom stereocenters. The van der Waals surface area contributed by atoms with Crippen LogP contribution in [0.3, 0.4) is 0 Å². The molecule has 0 saturated heterocycles. The number of hydrogen-bond donors (Lipinski definition) is 3. The number of nitrogens with two attached hydrogens (primary N) is 1. The van der Waals surface area contributed by atoms with E-state index in [1.807, 2.05) is 0 Å². The molecular weight excluding hydrogens is 391 g/mol. The first kappa shape index (κ1) is 21.4. The van der Waals surface area contributed by atoms with Crippen molar-refractivity contribution in [2.24, 2.45) is 10.7 Å². The number of aliphatic imine (C=N–C) groups is 1. The largest absolute Gasteiger partial charge is 0.370 e. The molecule has 30 heavy (non-hydrogen) atoms. The molecule has 4 N–H and O–H groups in total. The molecule has 2 aromatic carbocycles. The van der Waals surface area contributed by atoms with Crippen LogP contribution < -0.4 is 11.1 Å². The Kier molecular flexibility index (Phi) is 7.48. The van der Waals surface area contributed by atoms with Crippen molar-refractivity contribution in [3.63, 3.8) is 0 Å². The summed E-state index contributed by atoms with van der Waals surface area (Å²) < 4.78 is 40.4. The Morgan fingerprint density at radius 2 is 1.83 bits per heavy atom. The van der Waals surface area contributed by atoms with Gasteiger partial charge in [0.1, 0.15) is 5.82 Å². The fourth-order valence-electron chi connectivity index (χ4n) is 3.24. The summed E-state index contributed by atoms with van der Waals surface area (Å²) in [4.78, 5) is 11.3. The summed E-state index contributed by atoms with van der Waals surface area (Å²) >= 11 is 0. The number of H-pyrrole nitrogens is 1. The Bertz CT molecular complexity index is 955. The molecule has 1 heterocycles. The third kappa shape index (κ3) is 6.10. The van der Waals surface area contributed by atoms with E-state index >= 15 is 0 Å². The highest BCUT2D eigenvalue weighted by atomic mass is 19.2. The third-order valence-corrected chi connectivity index (χ3v) is 4.80. The molecule has 1 aromatic heterocycles. The van der Waals surface area contributed by atoms with Crippen LogP contribution in [0.2, 0.25) is 0 Å². The van der Waals surface area contributed by atoms with Crippen LogP contribution in [0.5, 0.6) is 0 Å². The summed E-state index contributed by atoms with van der Waals surface area (Å²) in [7, 11) is 0. The summed E-state index contributed by atoms with van der Waals surface area (Å²) in [5, 5.41) is 3.05. The maximum absolute atomic E-state index is 13.7. The number of imidazole rings is 1. The van der Waals surface area contributed by atoms with Gasteiger partial charge in [-0.25, -0.2) is 18.2 Å². The number of aryl methyl sites for hydroxylation is 1. The third-order valence-electron chi connectivity index (χ3n) is 4.80. The molecule has 0 bridgehead atoms. The van der Waals surface area contributed by atoms with E-state index < -0.39 is 11.6 Å². The highest BCUT2D eigenvalue weighted by molar-refractivity contribution is 5.77. The van der Waals surface area contributed by atoms with Crippen molar-refractivity contribution in [1.29, 1.82) is 0 Å². The SMILES string of the molecule is NC(=NCCCc1cnc[nH]1)NCCC(c1ccc(F)cc1)c1ccc(F)c(F)c1. The molecule has 3 rings (SSSR count). The summed E-state index contributed by atoms with van der Waals surface area (Å²) in [6.07, 6.45) is 5.62. The number of nitrogens with zero attached hydrogens (tertiary/aromatic N) is 2. The lowest BCUT2D eigenvalue weighted by Crippen LogP contribution is -2.33. The average molecular weight is 415 g/mol. The molecule has 3 aromatic rings. The van der Waals surface area contributed by atoms with Crippen molar-refractivity contribution in [2.45, 2.75) is 25.2 Å². The summed E-state index contributed by atoms with van der Waals surface area (Å²) in [6, 6.07) is 9.82. The van der Waals surface area contributed by atoms with Gasteiger partial charge in [0.2, 0.25) is 0 Å². The lowest BCUT2D eigenvalue weighted by atomic mass is 9.88. The fourth-order valence-corrected chi connectivity index (χ4v) is 3.24. The molecule has 158 valence electrons. The number of halogens is 3. The maximum atomic E-state index is 13.7. The van der Waals surface area contributed by atoms with Crippen LogP contribution >= 0.6 is 0 Å². The molecule has 0 aliphatic carbocycles. The Morgan fingerprint density at radius 1 is 1.07 bits per heavy atom. The molecule has 0 saturated carbocycles. The van der Waals surface area contributed by atoms with Gasteiger partial charge >= 0.3 is 0 Å². The molecule has 0 aliphatic heterocycles. The van der Waals surface area contributed by atoms with Gasteiger partial charge in [0.15, 0.2) is 17.6 Å². The molecule has 0 radical (unpaired) electrons. The van der Waals surface area contributed by atoms with Gasteiger partial charge in [-0.1, -0.05) is 18.2 Å². The van der Waals surface area contributed by atoms with E-state index in [1.54, 1.807) is 30.7 Å². The number of rotatable bonds is 9. The summed E-state index contributed by atoms with van der Waals surface area (Å²) in [5.41, 5.74) is 8.38. The van der Waals surface area contributed by atoms with Crippen LogP contribution in [-0.2, 0) is 6.42 Å². The number of aromatic amines is 1. The Morgan fingerprint density at radius 3 is 2.53 bits per heavy atom. The van der Waals surface area contributed by atoms with Crippen LogP contribution in [0, 0.1) is 17.5 Å². The van der Waals surface area contributed by atoms with Crippen LogP contribution in [0.4, 0.5) is 13.2 Å².